The van der Waals surface area contributed by atoms with Crippen LogP contribution in [0.5, 0.6) is 5.75 Å². The van der Waals surface area contributed by atoms with Crippen molar-refractivity contribution in [1.82, 2.24) is 0 Å². The number of aliphatic hydroxyl groups is 1. The zero-order chi connectivity index (χ0) is 25.1. The van der Waals surface area contributed by atoms with Crippen molar-refractivity contribution >= 4 is 40.3 Å². The Bertz CT molecular complexity index is 1290. The van der Waals surface area contributed by atoms with Crippen LogP contribution in [-0.4, -0.2) is 40.9 Å². The molecule has 2 aliphatic heterocycles. The largest absolute Gasteiger partial charge is 0.484 e. The first-order chi connectivity index (χ1) is 16.6. The van der Waals surface area contributed by atoms with Gasteiger partial charge < -0.3 is 20.1 Å². The van der Waals surface area contributed by atoms with E-state index in [2.05, 4.69) is 5.32 Å². The number of nitrogens with one attached hydrogen (secondary N) is 1. The minimum absolute atomic E-state index is 0.156. The summed E-state index contributed by atoms with van der Waals surface area (Å²) >= 11 is 5.54. The molecule has 1 saturated carbocycles. The average molecular weight is 506 g/mol. The van der Waals surface area contributed by atoms with Crippen LogP contribution in [0.25, 0.3) is 0 Å². The molecule has 0 radical (unpaired) electrons. The van der Waals surface area contributed by atoms with E-state index in [1.54, 1.807) is 23.1 Å². The van der Waals surface area contributed by atoms with Crippen molar-refractivity contribution in [2.45, 2.75) is 37.1 Å². The maximum atomic E-state index is 15.0. The van der Waals surface area contributed by atoms with Crippen molar-refractivity contribution in [3.63, 3.8) is 0 Å². The van der Waals surface area contributed by atoms with E-state index < -0.39 is 46.4 Å². The molecule has 5 rings (SSSR count). The summed E-state index contributed by atoms with van der Waals surface area (Å²) < 4.78 is 61.3. The van der Waals surface area contributed by atoms with E-state index in [1.165, 1.54) is 6.07 Å². The van der Waals surface area contributed by atoms with Crippen LogP contribution in [0.3, 0.4) is 0 Å². The lowest BCUT2D eigenvalue weighted by Crippen LogP contribution is -2.55. The summed E-state index contributed by atoms with van der Waals surface area (Å²) in [5, 5.41) is 21.4. The molecule has 3 aliphatic rings. The van der Waals surface area contributed by atoms with E-state index in [0.717, 1.165) is 4.90 Å². The Morgan fingerprint density at radius 3 is 2.63 bits per heavy atom. The number of fused-ring (bicyclic) bond motifs is 1. The van der Waals surface area contributed by atoms with Crippen LogP contribution >= 0.6 is 12.2 Å². The van der Waals surface area contributed by atoms with Crippen molar-refractivity contribution in [3.8, 4) is 11.8 Å². The Labute approximate surface area is 202 Å². The lowest BCUT2D eigenvalue weighted by Gasteiger charge is -2.43. The van der Waals surface area contributed by atoms with Crippen molar-refractivity contribution in [2.75, 3.05) is 28.3 Å². The lowest BCUT2D eigenvalue weighted by atomic mass is 9.75. The van der Waals surface area contributed by atoms with Crippen molar-refractivity contribution in [1.29, 1.82) is 5.26 Å². The van der Waals surface area contributed by atoms with Gasteiger partial charge in [0.25, 0.3) is 5.91 Å². The zero-order valence-electron chi connectivity index (χ0n) is 18.0. The first kappa shape index (κ1) is 23.3. The number of carbonyl (C=O) groups is 1. The third kappa shape index (κ3) is 3.49. The number of aliphatic hydroxyl groups excluding tert-OH is 1. The molecule has 182 valence electrons. The third-order valence-corrected chi connectivity index (χ3v) is 6.95. The fraction of sp³-hybridized carbons (Fsp3) is 0.348. The summed E-state index contributed by atoms with van der Waals surface area (Å²) in [6.45, 7) is 0.178. The van der Waals surface area contributed by atoms with Crippen LogP contribution < -0.4 is 19.9 Å². The number of hydrogen-bond acceptors (Lipinski definition) is 6. The normalized spacial score (nSPS) is 20.7. The van der Waals surface area contributed by atoms with Crippen LogP contribution in [-0.2, 0) is 11.0 Å². The fourth-order valence-corrected chi connectivity index (χ4v) is 5.16. The van der Waals surface area contributed by atoms with E-state index in [4.69, 9.17) is 22.2 Å². The van der Waals surface area contributed by atoms with Crippen LogP contribution in [0.1, 0.15) is 30.4 Å². The summed E-state index contributed by atoms with van der Waals surface area (Å²) in [5.41, 5.74) is -2.93. The monoisotopic (exact) mass is 506 g/mol. The number of hydrogen-bond donors (Lipinski definition) is 2. The Hall–Kier alpha value is -3.43. The number of benzene rings is 2. The van der Waals surface area contributed by atoms with Gasteiger partial charge in [-0.1, -0.05) is 0 Å². The number of rotatable bonds is 3. The Kier molecular flexibility index (Phi) is 5.37. The SMILES string of the molecule is N#Cc1cc(F)c(N2C(=O)C3(CCC3)N(c3ccc4c(c3)NC[C@H](CO)O4)C2=S)cc1C(F)(F)F. The molecule has 2 heterocycles. The molecular formula is C23H18F4N4O3S. The summed E-state index contributed by atoms with van der Waals surface area (Å²) in [6.07, 6.45) is -3.88. The predicted molar refractivity (Wildman–Crippen MR) is 122 cm³/mol. The number of nitriles is 1. The zero-order valence-corrected chi connectivity index (χ0v) is 18.8. The van der Waals surface area contributed by atoms with E-state index in [0.29, 0.717) is 55.1 Å². The number of carbonyl (C=O) groups excluding carboxylic acids is 1. The van der Waals surface area contributed by atoms with Gasteiger partial charge in [0.05, 0.1) is 41.7 Å². The van der Waals surface area contributed by atoms with Crippen LogP contribution in [0.2, 0.25) is 0 Å². The highest BCUT2D eigenvalue weighted by Crippen LogP contribution is 2.49. The molecule has 35 heavy (non-hydrogen) atoms. The molecule has 2 fully saturated rings. The van der Waals surface area contributed by atoms with E-state index in [1.807, 2.05) is 0 Å². The van der Waals surface area contributed by atoms with Gasteiger partial charge in [0, 0.05) is 5.69 Å². The molecule has 12 heteroatoms. The molecule has 1 atom stereocenters. The van der Waals surface area contributed by atoms with Crippen molar-refractivity contribution < 1.29 is 32.2 Å². The predicted octanol–water partition coefficient (Wildman–Crippen LogP) is 3.94. The van der Waals surface area contributed by atoms with Crippen LogP contribution in [0, 0.1) is 17.1 Å². The minimum Gasteiger partial charge on any atom is -0.484 e. The Morgan fingerprint density at radius 2 is 2.03 bits per heavy atom. The molecule has 7 nitrogen and oxygen atoms in total. The topological polar surface area (TPSA) is 88.8 Å². The first-order valence-corrected chi connectivity index (χ1v) is 11.2. The number of anilines is 3. The molecule has 1 spiro atoms. The maximum Gasteiger partial charge on any atom is 0.417 e. The smallest absolute Gasteiger partial charge is 0.417 e. The van der Waals surface area contributed by atoms with Crippen LogP contribution in [0.15, 0.2) is 30.3 Å². The number of halogens is 4. The third-order valence-electron chi connectivity index (χ3n) is 6.59. The summed E-state index contributed by atoms with van der Waals surface area (Å²) in [7, 11) is 0. The van der Waals surface area contributed by atoms with Gasteiger partial charge in [0.1, 0.15) is 23.2 Å². The molecular weight excluding hydrogens is 488 g/mol. The summed E-state index contributed by atoms with van der Waals surface area (Å²) in [5.74, 6) is -1.28. The molecule has 0 bridgehead atoms. The lowest BCUT2D eigenvalue weighted by molar-refractivity contribution is -0.137. The van der Waals surface area contributed by atoms with Gasteiger partial charge in [-0.05, 0) is 61.8 Å². The van der Waals surface area contributed by atoms with Gasteiger partial charge >= 0.3 is 6.18 Å². The molecule has 1 saturated heterocycles. The van der Waals surface area contributed by atoms with Gasteiger partial charge in [0.15, 0.2) is 5.11 Å². The highest BCUT2D eigenvalue weighted by molar-refractivity contribution is 7.81. The van der Waals surface area contributed by atoms with E-state index >= 15 is 0 Å². The molecule has 1 amide bonds. The minimum atomic E-state index is -4.93. The Balaban J connectivity index is 1.59. The number of thiocarbonyl (C=S) groups is 1. The molecule has 0 unspecified atom stereocenters. The quantitative estimate of drug-likeness (QED) is 0.482. The average Bonchev–Trinajstić information content (AvgIpc) is 3.04. The highest BCUT2D eigenvalue weighted by Gasteiger charge is 2.60. The summed E-state index contributed by atoms with van der Waals surface area (Å²) in [6, 6.07) is 7.28. The number of alkyl halides is 3. The Morgan fingerprint density at radius 1 is 1.29 bits per heavy atom. The molecule has 2 N–H and O–H groups in total. The second kappa shape index (κ2) is 8.07. The number of amides is 1. The van der Waals surface area contributed by atoms with Gasteiger partial charge in [0.2, 0.25) is 0 Å². The second-order valence-corrected chi connectivity index (χ2v) is 8.95. The fourth-order valence-electron chi connectivity index (χ4n) is 4.70. The first-order valence-electron chi connectivity index (χ1n) is 10.8. The van der Waals surface area contributed by atoms with Crippen LogP contribution in [0.4, 0.5) is 34.6 Å². The van der Waals surface area contributed by atoms with E-state index in [9.17, 15) is 27.5 Å². The molecule has 0 aromatic heterocycles. The molecule has 2 aromatic carbocycles. The van der Waals surface area contributed by atoms with Crippen molar-refractivity contribution in [3.05, 3.63) is 47.3 Å². The van der Waals surface area contributed by atoms with Gasteiger partial charge in [-0.25, -0.2) is 4.39 Å². The van der Waals surface area contributed by atoms with Gasteiger partial charge in [-0.2, -0.15) is 18.4 Å². The number of nitrogens with zero attached hydrogens (tertiary/aromatic N) is 3. The molecule has 2 aromatic rings. The summed E-state index contributed by atoms with van der Waals surface area (Å²) in [4.78, 5) is 15.9. The second-order valence-electron chi connectivity index (χ2n) is 8.59. The highest BCUT2D eigenvalue weighted by atomic mass is 32.1. The molecule has 1 aliphatic carbocycles. The standard InChI is InChI=1S/C23H18F4N4O3S/c24-16-6-12(9-28)15(23(25,26)27)8-18(16)30-20(33)22(4-1-5-22)31(21(30)35)13-2-3-19-17(7-13)29-10-14(11-32)34-19/h2-3,6-8,14,29,32H,1,4-5,10-11H2/t14-/m1/s1. The van der Waals surface area contributed by atoms with E-state index in [-0.39, 0.29) is 11.7 Å². The van der Waals surface area contributed by atoms with Crippen molar-refractivity contribution in [2.24, 2.45) is 0 Å². The maximum absolute atomic E-state index is 15.0. The van der Waals surface area contributed by atoms with Gasteiger partial charge in [-0.3, -0.25) is 9.69 Å². The van der Waals surface area contributed by atoms with Gasteiger partial charge in [-0.15, -0.1) is 0 Å². The number of ether oxygens (including phenoxy) is 1.